The van der Waals surface area contributed by atoms with Crippen LogP contribution in [0.25, 0.3) is 0 Å². The van der Waals surface area contributed by atoms with Crippen LogP contribution in [0, 0.1) is 10.1 Å². The summed E-state index contributed by atoms with van der Waals surface area (Å²) in [4.78, 5) is 47.2. The molecule has 29 heavy (non-hydrogen) atoms. The Morgan fingerprint density at radius 3 is 2.55 bits per heavy atom. The summed E-state index contributed by atoms with van der Waals surface area (Å²) in [7, 11) is 0. The van der Waals surface area contributed by atoms with Crippen LogP contribution < -0.4 is 10.6 Å². The number of nitrogens with one attached hydrogen (secondary N) is 2. The number of nitro benzene ring substituents is 1. The Labute approximate surface area is 171 Å². The fourth-order valence-electron chi connectivity index (χ4n) is 2.57. The van der Waals surface area contributed by atoms with Crippen LogP contribution in [0.15, 0.2) is 41.1 Å². The van der Waals surface area contributed by atoms with Gasteiger partial charge in [0.2, 0.25) is 5.91 Å². The number of para-hydroxylation sites is 1. The zero-order valence-corrected chi connectivity index (χ0v) is 16.7. The van der Waals surface area contributed by atoms with E-state index in [1.807, 2.05) is 0 Å². The normalized spacial score (nSPS) is 11.6. The van der Waals surface area contributed by atoms with Gasteiger partial charge >= 0.3 is 5.97 Å². The van der Waals surface area contributed by atoms with Crippen LogP contribution in [0.3, 0.4) is 0 Å². The van der Waals surface area contributed by atoms with Crippen molar-refractivity contribution in [2.45, 2.75) is 32.4 Å². The maximum absolute atomic E-state index is 12.3. The lowest BCUT2D eigenvalue weighted by Gasteiger charge is -2.19. The first-order valence-corrected chi connectivity index (χ1v) is 9.74. The molecule has 0 aliphatic carbocycles. The van der Waals surface area contributed by atoms with E-state index < -0.39 is 28.7 Å². The Morgan fingerprint density at radius 2 is 1.93 bits per heavy atom. The van der Waals surface area contributed by atoms with Crippen LogP contribution in [0.2, 0.25) is 0 Å². The van der Waals surface area contributed by atoms with Gasteiger partial charge in [-0.2, -0.15) is 11.3 Å². The Balaban J connectivity index is 2.12. The van der Waals surface area contributed by atoms with Crippen molar-refractivity contribution in [3.05, 3.63) is 62.3 Å². The molecule has 2 amide bonds. The van der Waals surface area contributed by atoms with E-state index in [1.165, 1.54) is 29.5 Å². The standard InChI is InChI=1S/C19H21N3O6S/c1-12(2)28-18(24)9-15(14-5-3-4-6-16(14)22(26)27)21-17(23)10-20-19(25)13-7-8-29-11-13/h3-8,11-12,15H,9-10H2,1-2H3,(H,20,25)(H,21,23). The number of hydrogen-bond donors (Lipinski definition) is 2. The molecule has 1 atom stereocenters. The zero-order chi connectivity index (χ0) is 21.4. The second kappa shape index (κ2) is 10.3. The third kappa shape index (κ3) is 6.68. The van der Waals surface area contributed by atoms with Gasteiger partial charge in [0.1, 0.15) is 0 Å². The SMILES string of the molecule is CC(C)OC(=O)CC(NC(=O)CNC(=O)c1ccsc1)c1ccccc1[N+](=O)[O-]. The average Bonchev–Trinajstić information content (AvgIpc) is 3.19. The summed E-state index contributed by atoms with van der Waals surface area (Å²) in [5.74, 6) is -1.61. The number of carbonyl (C=O) groups is 3. The van der Waals surface area contributed by atoms with Crippen molar-refractivity contribution >= 4 is 34.8 Å². The molecule has 0 saturated carbocycles. The molecule has 0 aliphatic heterocycles. The molecular formula is C19H21N3O6S. The number of nitrogens with zero attached hydrogens (tertiary/aromatic N) is 1. The Hall–Kier alpha value is -3.27. The minimum atomic E-state index is -0.978. The van der Waals surface area contributed by atoms with Crippen molar-refractivity contribution in [1.82, 2.24) is 10.6 Å². The van der Waals surface area contributed by atoms with Gasteiger partial charge in [0, 0.05) is 17.0 Å². The fraction of sp³-hybridized carbons (Fsp3) is 0.316. The highest BCUT2D eigenvalue weighted by Gasteiger charge is 2.26. The van der Waals surface area contributed by atoms with E-state index in [1.54, 1.807) is 36.7 Å². The highest BCUT2D eigenvalue weighted by Crippen LogP contribution is 2.27. The average molecular weight is 419 g/mol. The molecule has 1 heterocycles. The van der Waals surface area contributed by atoms with Crippen LogP contribution in [0.5, 0.6) is 0 Å². The van der Waals surface area contributed by atoms with E-state index >= 15 is 0 Å². The van der Waals surface area contributed by atoms with Crippen LogP contribution in [-0.2, 0) is 14.3 Å². The van der Waals surface area contributed by atoms with E-state index in [-0.39, 0.29) is 30.3 Å². The maximum atomic E-state index is 12.3. The van der Waals surface area contributed by atoms with Gasteiger partial charge in [-0.25, -0.2) is 0 Å². The van der Waals surface area contributed by atoms with E-state index in [0.29, 0.717) is 5.56 Å². The number of hydrogen-bond acceptors (Lipinski definition) is 7. The number of nitro groups is 1. The van der Waals surface area contributed by atoms with Crippen molar-refractivity contribution in [2.24, 2.45) is 0 Å². The minimum Gasteiger partial charge on any atom is -0.463 e. The Morgan fingerprint density at radius 1 is 1.21 bits per heavy atom. The Bertz CT molecular complexity index is 882. The van der Waals surface area contributed by atoms with Gasteiger partial charge in [-0.05, 0) is 25.3 Å². The van der Waals surface area contributed by atoms with E-state index in [9.17, 15) is 24.5 Å². The highest BCUT2D eigenvalue weighted by molar-refractivity contribution is 7.08. The smallest absolute Gasteiger partial charge is 0.308 e. The molecule has 0 spiro atoms. The first-order chi connectivity index (χ1) is 13.8. The largest absolute Gasteiger partial charge is 0.463 e. The highest BCUT2D eigenvalue weighted by atomic mass is 32.1. The van der Waals surface area contributed by atoms with Crippen molar-refractivity contribution in [2.75, 3.05) is 6.54 Å². The van der Waals surface area contributed by atoms with Crippen molar-refractivity contribution in [3.8, 4) is 0 Å². The van der Waals surface area contributed by atoms with Crippen LogP contribution in [0.4, 0.5) is 5.69 Å². The number of ether oxygens (including phenoxy) is 1. The number of thiophene rings is 1. The van der Waals surface area contributed by atoms with E-state index in [2.05, 4.69) is 10.6 Å². The van der Waals surface area contributed by atoms with Gasteiger partial charge in [-0.3, -0.25) is 24.5 Å². The number of amides is 2. The van der Waals surface area contributed by atoms with Crippen LogP contribution >= 0.6 is 11.3 Å². The third-order valence-corrected chi connectivity index (χ3v) is 4.46. The van der Waals surface area contributed by atoms with Crippen LogP contribution in [0.1, 0.15) is 42.2 Å². The molecule has 0 saturated heterocycles. The topological polar surface area (TPSA) is 128 Å². The zero-order valence-electron chi connectivity index (χ0n) is 15.9. The lowest BCUT2D eigenvalue weighted by Crippen LogP contribution is -2.39. The predicted octanol–water partition coefficient (Wildman–Crippen LogP) is 2.59. The van der Waals surface area contributed by atoms with Gasteiger partial charge in [0.05, 0.1) is 35.6 Å². The van der Waals surface area contributed by atoms with Gasteiger partial charge in [-0.15, -0.1) is 0 Å². The molecule has 0 fully saturated rings. The summed E-state index contributed by atoms with van der Waals surface area (Å²) in [6.45, 7) is 3.01. The first-order valence-electron chi connectivity index (χ1n) is 8.80. The maximum Gasteiger partial charge on any atom is 0.308 e. The molecule has 154 valence electrons. The van der Waals surface area contributed by atoms with E-state index in [4.69, 9.17) is 4.74 Å². The lowest BCUT2D eigenvalue weighted by atomic mass is 10.0. The molecule has 2 N–H and O–H groups in total. The van der Waals surface area contributed by atoms with E-state index in [0.717, 1.165) is 0 Å². The number of carbonyl (C=O) groups excluding carboxylic acids is 3. The number of benzene rings is 1. The summed E-state index contributed by atoms with van der Waals surface area (Å²) in [6, 6.07) is 6.47. The summed E-state index contributed by atoms with van der Waals surface area (Å²) in [5.41, 5.74) is 0.381. The molecule has 0 aliphatic rings. The molecule has 9 nitrogen and oxygen atoms in total. The molecule has 2 aromatic rings. The van der Waals surface area contributed by atoms with Crippen molar-refractivity contribution in [1.29, 1.82) is 0 Å². The van der Waals surface area contributed by atoms with Crippen molar-refractivity contribution in [3.63, 3.8) is 0 Å². The molecular weight excluding hydrogens is 398 g/mol. The summed E-state index contributed by atoms with van der Waals surface area (Å²) >= 11 is 1.35. The number of rotatable bonds is 9. The fourth-order valence-corrected chi connectivity index (χ4v) is 3.20. The molecule has 1 unspecified atom stereocenters. The predicted molar refractivity (Wildman–Crippen MR) is 106 cm³/mol. The third-order valence-electron chi connectivity index (χ3n) is 3.77. The molecule has 2 rings (SSSR count). The van der Waals surface area contributed by atoms with Crippen LogP contribution in [-0.4, -0.2) is 35.4 Å². The molecule has 1 aromatic carbocycles. The van der Waals surface area contributed by atoms with Crippen molar-refractivity contribution < 1.29 is 24.0 Å². The molecule has 1 aromatic heterocycles. The van der Waals surface area contributed by atoms with Gasteiger partial charge in [-0.1, -0.05) is 18.2 Å². The monoisotopic (exact) mass is 419 g/mol. The molecule has 0 bridgehead atoms. The van der Waals surface area contributed by atoms with Gasteiger partial charge < -0.3 is 15.4 Å². The minimum absolute atomic E-state index is 0.177. The quantitative estimate of drug-likeness (QED) is 0.365. The Kier molecular flexibility index (Phi) is 7.84. The summed E-state index contributed by atoms with van der Waals surface area (Å²) in [5, 5.41) is 19.8. The lowest BCUT2D eigenvalue weighted by molar-refractivity contribution is -0.385. The first kappa shape index (κ1) is 22.0. The molecule has 0 radical (unpaired) electrons. The summed E-state index contributed by atoms with van der Waals surface area (Å²) in [6.07, 6.45) is -0.651. The number of esters is 1. The van der Waals surface area contributed by atoms with Gasteiger partial charge in [0.25, 0.3) is 11.6 Å². The van der Waals surface area contributed by atoms with Gasteiger partial charge in [0.15, 0.2) is 0 Å². The second-order valence-corrected chi connectivity index (χ2v) is 7.15. The molecule has 10 heteroatoms. The summed E-state index contributed by atoms with van der Waals surface area (Å²) < 4.78 is 5.10. The second-order valence-electron chi connectivity index (χ2n) is 6.37.